The summed E-state index contributed by atoms with van der Waals surface area (Å²) in [7, 11) is 1.58. The molecule has 1 amide bonds. The van der Waals surface area contributed by atoms with Gasteiger partial charge in [0.25, 0.3) is 5.91 Å². The standard InChI is InChI=1S/C22H22FN5O4/c1-28-18-8-13(3-4-19(18)32-22(28)30)17-9-16(23)14(11-26-17)7-15(10-24)27-21(29)20-12-25-5-2-6-31-20/h3-4,8-9,11,15,20,25H,2,5-7,12H2,1H3,(H,27,29)/t15-,20-/m0/s1. The lowest BCUT2D eigenvalue weighted by atomic mass is 10.1. The molecule has 0 aliphatic carbocycles. The van der Waals surface area contributed by atoms with Crippen LogP contribution in [-0.4, -0.2) is 47.3 Å². The minimum Gasteiger partial charge on any atom is -0.408 e. The molecule has 1 aromatic carbocycles. The van der Waals surface area contributed by atoms with Gasteiger partial charge in [-0.25, -0.2) is 9.18 Å². The number of nitrogens with zero attached hydrogens (tertiary/aromatic N) is 3. The zero-order valence-corrected chi connectivity index (χ0v) is 17.4. The first-order valence-corrected chi connectivity index (χ1v) is 10.2. The Hall–Kier alpha value is -3.55. The topological polar surface area (TPSA) is 122 Å². The van der Waals surface area contributed by atoms with Crippen LogP contribution in [0.3, 0.4) is 0 Å². The van der Waals surface area contributed by atoms with Crippen LogP contribution in [0.5, 0.6) is 0 Å². The lowest BCUT2D eigenvalue weighted by Crippen LogP contribution is -2.46. The van der Waals surface area contributed by atoms with Gasteiger partial charge in [-0.1, -0.05) is 0 Å². The first kappa shape index (κ1) is 21.7. The highest BCUT2D eigenvalue weighted by atomic mass is 19.1. The number of pyridine rings is 1. The van der Waals surface area contributed by atoms with Crippen LogP contribution in [0, 0.1) is 17.1 Å². The van der Waals surface area contributed by atoms with E-state index in [1.54, 1.807) is 25.2 Å². The van der Waals surface area contributed by atoms with Crippen LogP contribution in [-0.2, 0) is 23.0 Å². The molecule has 0 saturated carbocycles. The summed E-state index contributed by atoms with van der Waals surface area (Å²) >= 11 is 0. The Morgan fingerprint density at radius 2 is 2.31 bits per heavy atom. The second-order valence-corrected chi connectivity index (χ2v) is 7.58. The van der Waals surface area contributed by atoms with Crippen molar-refractivity contribution in [2.24, 2.45) is 7.05 Å². The molecular weight excluding hydrogens is 417 g/mol. The van der Waals surface area contributed by atoms with Gasteiger partial charge in [0.15, 0.2) is 5.58 Å². The number of carbonyl (C=O) groups is 1. The SMILES string of the molecule is Cn1c(=O)oc2ccc(-c3cc(F)c(C[C@@H](C#N)NC(=O)[C@@H]4CNCCCO4)cn3)cc21. The van der Waals surface area contributed by atoms with Crippen LogP contribution in [0.1, 0.15) is 12.0 Å². The fourth-order valence-corrected chi connectivity index (χ4v) is 3.55. The van der Waals surface area contributed by atoms with Crippen LogP contribution in [0.4, 0.5) is 4.39 Å². The van der Waals surface area contributed by atoms with Gasteiger partial charge in [-0.2, -0.15) is 5.26 Å². The number of fused-ring (bicyclic) bond motifs is 1. The Morgan fingerprint density at radius 3 is 3.09 bits per heavy atom. The summed E-state index contributed by atoms with van der Waals surface area (Å²) in [4.78, 5) is 28.4. The van der Waals surface area contributed by atoms with Gasteiger partial charge in [-0.3, -0.25) is 14.3 Å². The number of hydrogen-bond donors (Lipinski definition) is 2. The number of nitrogens with one attached hydrogen (secondary N) is 2. The highest BCUT2D eigenvalue weighted by Gasteiger charge is 2.24. The van der Waals surface area contributed by atoms with Crippen LogP contribution in [0.25, 0.3) is 22.4 Å². The molecule has 3 heterocycles. The van der Waals surface area contributed by atoms with Crippen LogP contribution in [0.2, 0.25) is 0 Å². The quantitative estimate of drug-likeness (QED) is 0.614. The Labute approximate surface area is 182 Å². The number of benzene rings is 1. The average molecular weight is 439 g/mol. The first-order valence-electron chi connectivity index (χ1n) is 10.2. The molecule has 32 heavy (non-hydrogen) atoms. The van der Waals surface area contributed by atoms with Gasteiger partial charge in [0.05, 0.1) is 17.3 Å². The Morgan fingerprint density at radius 1 is 1.47 bits per heavy atom. The molecule has 0 bridgehead atoms. The second kappa shape index (κ2) is 9.30. The third kappa shape index (κ3) is 4.54. The van der Waals surface area contributed by atoms with Crippen molar-refractivity contribution < 1.29 is 18.3 Å². The highest BCUT2D eigenvalue weighted by molar-refractivity contribution is 5.82. The van der Waals surface area contributed by atoms with E-state index in [9.17, 15) is 19.2 Å². The fraction of sp³-hybridized carbons (Fsp3) is 0.364. The lowest BCUT2D eigenvalue weighted by molar-refractivity contribution is -0.132. The highest BCUT2D eigenvalue weighted by Crippen LogP contribution is 2.24. The molecule has 4 rings (SSSR count). The largest absolute Gasteiger partial charge is 0.419 e. The van der Waals surface area contributed by atoms with E-state index in [0.717, 1.165) is 13.0 Å². The zero-order chi connectivity index (χ0) is 22.7. The van der Waals surface area contributed by atoms with E-state index in [4.69, 9.17) is 9.15 Å². The smallest absolute Gasteiger partial charge is 0.408 e. The second-order valence-electron chi connectivity index (χ2n) is 7.58. The minimum atomic E-state index is -0.923. The molecule has 0 radical (unpaired) electrons. The van der Waals surface area contributed by atoms with E-state index >= 15 is 0 Å². The third-order valence-corrected chi connectivity index (χ3v) is 5.35. The molecule has 2 atom stereocenters. The maximum Gasteiger partial charge on any atom is 0.419 e. The summed E-state index contributed by atoms with van der Waals surface area (Å²) in [5.74, 6) is -1.44. The van der Waals surface area contributed by atoms with E-state index in [1.807, 2.05) is 6.07 Å². The number of aryl methyl sites for hydroxylation is 1. The minimum absolute atomic E-state index is 0.0310. The van der Waals surface area contributed by atoms with Gasteiger partial charge >= 0.3 is 5.76 Å². The molecule has 1 saturated heterocycles. The van der Waals surface area contributed by atoms with Crippen molar-refractivity contribution in [2.75, 3.05) is 19.7 Å². The third-order valence-electron chi connectivity index (χ3n) is 5.35. The van der Waals surface area contributed by atoms with Crippen LogP contribution in [0.15, 0.2) is 39.7 Å². The van der Waals surface area contributed by atoms with Gasteiger partial charge in [0, 0.05) is 50.0 Å². The number of hydrogen-bond acceptors (Lipinski definition) is 7. The molecule has 2 aromatic heterocycles. The Kier molecular flexibility index (Phi) is 6.30. The van der Waals surface area contributed by atoms with E-state index < -0.39 is 29.6 Å². The summed E-state index contributed by atoms with van der Waals surface area (Å²) in [5, 5.41) is 15.2. The first-order chi connectivity index (χ1) is 15.5. The summed E-state index contributed by atoms with van der Waals surface area (Å²) in [6.07, 6.45) is 1.44. The molecule has 9 nitrogen and oxygen atoms in total. The van der Waals surface area contributed by atoms with Crippen molar-refractivity contribution >= 4 is 17.0 Å². The molecule has 1 fully saturated rings. The molecule has 10 heteroatoms. The summed E-state index contributed by atoms with van der Waals surface area (Å²) < 4.78 is 26.8. The van der Waals surface area contributed by atoms with Crippen molar-refractivity contribution in [3.63, 3.8) is 0 Å². The van der Waals surface area contributed by atoms with Crippen LogP contribution >= 0.6 is 0 Å². The van der Waals surface area contributed by atoms with Crippen molar-refractivity contribution in [1.29, 1.82) is 5.26 Å². The molecule has 166 valence electrons. The summed E-state index contributed by atoms with van der Waals surface area (Å²) in [5.41, 5.74) is 2.19. The zero-order valence-electron chi connectivity index (χ0n) is 17.4. The number of halogens is 1. The van der Waals surface area contributed by atoms with Crippen molar-refractivity contribution in [1.82, 2.24) is 20.2 Å². The Balaban J connectivity index is 1.49. The maximum absolute atomic E-state index is 14.8. The van der Waals surface area contributed by atoms with Gasteiger partial charge in [-0.15, -0.1) is 0 Å². The molecule has 1 aliphatic heterocycles. The summed E-state index contributed by atoms with van der Waals surface area (Å²) in [6, 6.07) is 7.35. The van der Waals surface area contributed by atoms with E-state index in [2.05, 4.69) is 15.6 Å². The van der Waals surface area contributed by atoms with Crippen molar-refractivity contribution in [3.8, 4) is 17.3 Å². The van der Waals surface area contributed by atoms with Crippen molar-refractivity contribution in [2.45, 2.75) is 25.0 Å². The monoisotopic (exact) mass is 439 g/mol. The number of oxazole rings is 1. The van der Waals surface area contributed by atoms with Gasteiger partial charge < -0.3 is 19.8 Å². The van der Waals surface area contributed by atoms with Gasteiger partial charge in [-0.05, 0) is 31.2 Å². The Bertz CT molecular complexity index is 1240. The number of carbonyl (C=O) groups excluding carboxylic acids is 1. The molecule has 0 spiro atoms. The van der Waals surface area contributed by atoms with E-state index in [-0.39, 0.29) is 12.0 Å². The maximum atomic E-state index is 14.8. The molecular formula is C22H22FN5O4. The summed E-state index contributed by atoms with van der Waals surface area (Å²) in [6.45, 7) is 1.58. The lowest BCUT2D eigenvalue weighted by Gasteiger charge is -2.18. The average Bonchev–Trinajstić information content (AvgIpc) is 2.97. The predicted octanol–water partition coefficient (Wildman–Crippen LogP) is 1.26. The van der Waals surface area contributed by atoms with E-state index in [0.29, 0.717) is 35.5 Å². The number of ether oxygens (including phenoxy) is 1. The van der Waals surface area contributed by atoms with E-state index in [1.165, 1.54) is 16.8 Å². The normalized spacial score (nSPS) is 17.5. The number of rotatable bonds is 5. The molecule has 2 N–H and O–H groups in total. The van der Waals surface area contributed by atoms with Crippen LogP contribution < -0.4 is 16.4 Å². The fourth-order valence-electron chi connectivity index (χ4n) is 3.55. The molecule has 3 aromatic rings. The van der Waals surface area contributed by atoms with Gasteiger partial charge in [0.2, 0.25) is 0 Å². The number of nitriles is 1. The molecule has 1 aliphatic rings. The number of aromatic nitrogens is 2. The predicted molar refractivity (Wildman–Crippen MR) is 113 cm³/mol. The molecule has 0 unspecified atom stereocenters. The van der Waals surface area contributed by atoms with Gasteiger partial charge in [0.1, 0.15) is 18.0 Å². The number of amides is 1. The van der Waals surface area contributed by atoms with Crippen molar-refractivity contribution in [3.05, 3.63) is 52.4 Å².